The van der Waals surface area contributed by atoms with Crippen molar-refractivity contribution in [3.8, 4) is 0 Å². The SMILES string of the molecule is CC.CC(=O)c1ccc(Cl)c([N+](=O)[O-])c1. The molecule has 0 spiro atoms. The highest BCUT2D eigenvalue weighted by Gasteiger charge is 2.13. The number of hydrogen-bond acceptors (Lipinski definition) is 3. The van der Waals surface area contributed by atoms with E-state index < -0.39 is 4.92 Å². The molecule has 0 atom stereocenters. The molecule has 0 amide bonds. The molecule has 0 aromatic heterocycles. The van der Waals surface area contributed by atoms with E-state index in [4.69, 9.17) is 11.6 Å². The predicted octanol–water partition coefficient (Wildman–Crippen LogP) is 3.48. The summed E-state index contributed by atoms with van der Waals surface area (Å²) < 4.78 is 0. The van der Waals surface area contributed by atoms with Crippen molar-refractivity contribution in [3.05, 3.63) is 38.9 Å². The molecule has 5 heteroatoms. The Kier molecular flexibility index (Phi) is 5.56. The van der Waals surface area contributed by atoms with E-state index in [1.807, 2.05) is 13.8 Å². The first kappa shape index (κ1) is 13.6. The van der Waals surface area contributed by atoms with Gasteiger partial charge in [0.05, 0.1) is 4.92 Å². The molecule has 1 aromatic carbocycles. The van der Waals surface area contributed by atoms with E-state index in [0.717, 1.165) is 0 Å². The Morgan fingerprint density at radius 3 is 2.33 bits per heavy atom. The summed E-state index contributed by atoms with van der Waals surface area (Å²) in [4.78, 5) is 20.7. The lowest BCUT2D eigenvalue weighted by Crippen LogP contribution is -1.95. The van der Waals surface area contributed by atoms with E-state index in [1.54, 1.807) is 0 Å². The van der Waals surface area contributed by atoms with Crippen molar-refractivity contribution in [1.82, 2.24) is 0 Å². The van der Waals surface area contributed by atoms with Gasteiger partial charge in [0.25, 0.3) is 5.69 Å². The molecule has 0 aliphatic carbocycles. The summed E-state index contributed by atoms with van der Waals surface area (Å²) in [6.45, 7) is 5.34. The summed E-state index contributed by atoms with van der Waals surface area (Å²) in [6.07, 6.45) is 0. The lowest BCUT2D eigenvalue weighted by Gasteiger charge is -1.97. The molecular formula is C10H12ClNO3. The largest absolute Gasteiger partial charge is 0.295 e. The van der Waals surface area contributed by atoms with Crippen molar-refractivity contribution in [1.29, 1.82) is 0 Å². The fourth-order valence-electron chi connectivity index (χ4n) is 0.872. The third-order valence-electron chi connectivity index (χ3n) is 1.55. The van der Waals surface area contributed by atoms with Gasteiger partial charge < -0.3 is 0 Å². The maximum absolute atomic E-state index is 10.9. The lowest BCUT2D eigenvalue weighted by atomic mass is 10.1. The van der Waals surface area contributed by atoms with Crippen LogP contribution in [0.25, 0.3) is 0 Å². The van der Waals surface area contributed by atoms with E-state index in [2.05, 4.69) is 0 Å². The highest BCUT2D eigenvalue weighted by atomic mass is 35.5. The van der Waals surface area contributed by atoms with Gasteiger partial charge in [0.1, 0.15) is 5.02 Å². The third-order valence-corrected chi connectivity index (χ3v) is 1.87. The van der Waals surface area contributed by atoms with E-state index in [0.29, 0.717) is 0 Å². The molecule has 0 aliphatic heterocycles. The number of nitro groups is 1. The Hall–Kier alpha value is -1.42. The second kappa shape index (κ2) is 6.14. The first-order valence-electron chi connectivity index (χ1n) is 4.47. The van der Waals surface area contributed by atoms with Gasteiger partial charge >= 0.3 is 0 Å². The van der Waals surface area contributed by atoms with Crippen LogP contribution in [0.1, 0.15) is 31.1 Å². The molecular weight excluding hydrogens is 218 g/mol. The number of carbonyl (C=O) groups is 1. The minimum absolute atomic E-state index is 0.0370. The van der Waals surface area contributed by atoms with Crippen LogP contribution in [0.2, 0.25) is 5.02 Å². The molecule has 1 rings (SSSR count). The van der Waals surface area contributed by atoms with Gasteiger partial charge in [0.15, 0.2) is 5.78 Å². The number of nitrogens with zero attached hydrogens (tertiary/aromatic N) is 1. The smallest absolute Gasteiger partial charge is 0.288 e. The van der Waals surface area contributed by atoms with E-state index in [9.17, 15) is 14.9 Å². The van der Waals surface area contributed by atoms with Gasteiger partial charge in [-0.25, -0.2) is 0 Å². The van der Waals surface area contributed by atoms with Crippen LogP contribution >= 0.6 is 11.6 Å². The number of Topliss-reactive ketones (excluding diaryl/α,β-unsaturated/α-hetero) is 1. The number of rotatable bonds is 2. The van der Waals surface area contributed by atoms with E-state index in [1.165, 1.54) is 25.1 Å². The van der Waals surface area contributed by atoms with Crippen LogP contribution < -0.4 is 0 Å². The van der Waals surface area contributed by atoms with Crippen LogP contribution in [0.15, 0.2) is 18.2 Å². The van der Waals surface area contributed by atoms with E-state index in [-0.39, 0.29) is 22.1 Å². The monoisotopic (exact) mass is 229 g/mol. The molecule has 15 heavy (non-hydrogen) atoms. The molecule has 0 saturated carbocycles. The van der Waals surface area contributed by atoms with Crippen LogP contribution in [-0.2, 0) is 0 Å². The van der Waals surface area contributed by atoms with Crippen LogP contribution in [0.3, 0.4) is 0 Å². The van der Waals surface area contributed by atoms with Crippen molar-refractivity contribution in [2.24, 2.45) is 0 Å². The molecule has 0 N–H and O–H groups in total. The third kappa shape index (κ3) is 3.67. The van der Waals surface area contributed by atoms with Crippen LogP contribution in [0, 0.1) is 10.1 Å². The lowest BCUT2D eigenvalue weighted by molar-refractivity contribution is -0.384. The summed E-state index contributed by atoms with van der Waals surface area (Å²) in [5, 5.41) is 10.4. The Morgan fingerprint density at radius 2 is 1.93 bits per heavy atom. The standard InChI is InChI=1S/C8H6ClNO3.C2H6/c1-5(11)6-2-3-7(9)8(4-6)10(12)13;1-2/h2-4H,1H3;1-2H3. The maximum atomic E-state index is 10.9. The summed E-state index contributed by atoms with van der Waals surface area (Å²) in [7, 11) is 0. The molecule has 0 unspecified atom stereocenters. The average molecular weight is 230 g/mol. The molecule has 0 bridgehead atoms. The fraction of sp³-hybridized carbons (Fsp3) is 0.300. The molecule has 1 aromatic rings. The average Bonchev–Trinajstić information content (AvgIpc) is 2.20. The normalized spacial score (nSPS) is 8.80. The predicted molar refractivity (Wildman–Crippen MR) is 59.5 cm³/mol. The van der Waals surface area contributed by atoms with Crippen molar-refractivity contribution >= 4 is 23.1 Å². The van der Waals surface area contributed by atoms with E-state index >= 15 is 0 Å². The number of nitro benzene ring substituents is 1. The number of halogens is 1. The second-order valence-electron chi connectivity index (χ2n) is 2.48. The van der Waals surface area contributed by atoms with Gasteiger partial charge in [0.2, 0.25) is 0 Å². The van der Waals surface area contributed by atoms with Crippen molar-refractivity contribution in [3.63, 3.8) is 0 Å². The summed E-state index contributed by atoms with van der Waals surface area (Å²) in [5.74, 6) is -0.222. The highest BCUT2D eigenvalue weighted by Crippen LogP contribution is 2.24. The van der Waals surface area contributed by atoms with Crippen LogP contribution in [0.5, 0.6) is 0 Å². The van der Waals surface area contributed by atoms with Crippen LogP contribution in [0.4, 0.5) is 5.69 Å². The van der Waals surface area contributed by atoms with Crippen molar-refractivity contribution < 1.29 is 9.72 Å². The number of carbonyl (C=O) groups excluding carboxylic acids is 1. The molecule has 0 aliphatic rings. The first-order valence-corrected chi connectivity index (χ1v) is 4.85. The maximum Gasteiger partial charge on any atom is 0.288 e. The van der Waals surface area contributed by atoms with Gasteiger partial charge in [-0.05, 0) is 19.1 Å². The minimum atomic E-state index is -0.616. The van der Waals surface area contributed by atoms with Crippen molar-refractivity contribution in [2.75, 3.05) is 0 Å². The molecule has 0 heterocycles. The fourth-order valence-corrected chi connectivity index (χ4v) is 1.06. The zero-order chi connectivity index (χ0) is 12.0. The van der Waals surface area contributed by atoms with Gasteiger partial charge in [0, 0.05) is 11.6 Å². The van der Waals surface area contributed by atoms with Gasteiger partial charge in [-0.15, -0.1) is 0 Å². The topological polar surface area (TPSA) is 60.2 Å². The van der Waals surface area contributed by atoms with Gasteiger partial charge in [-0.3, -0.25) is 14.9 Å². The summed E-state index contributed by atoms with van der Waals surface area (Å²) >= 11 is 5.54. The number of ketones is 1. The van der Waals surface area contributed by atoms with Crippen LogP contribution in [-0.4, -0.2) is 10.7 Å². The minimum Gasteiger partial charge on any atom is -0.295 e. The highest BCUT2D eigenvalue weighted by molar-refractivity contribution is 6.32. The Morgan fingerprint density at radius 1 is 1.40 bits per heavy atom. The van der Waals surface area contributed by atoms with Gasteiger partial charge in [-0.1, -0.05) is 25.4 Å². The quantitative estimate of drug-likeness (QED) is 0.443. The number of benzene rings is 1. The zero-order valence-electron chi connectivity index (χ0n) is 8.78. The second-order valence-corrected chi connectivity index (χ2v) is 2.89. The summed E-state index contributed by atoms with van der Waals surface area (Å²) in [5.41, 5.74) is 0.0467. The Bertz CT molecular complexity index is 377. The number of hydrogen-bond donors (Lipinski definition) is 0. The van der Waals surface area contributed by atoms with Gasteiger partial charge in [-0.2, -0.15) is 0 Å². The molecule has 82 valence electrons. The zero-order valence-corrected chi connectivity index (χ0v) is 9.54. The Labute approximate surface area is 93.0 Å². The summed E-state index contributed by atoms with van der Waals surface area (Å²) in [6, 6.07) is 3.97. The molecule has 0 saturated heterocycles. The Balaban J connectivity index is 0.000000921. The first-order chi connectivity index (χ1) is 7.02. The molecule has 4 nitrogen and oxygen atoms in total. The van der Waals surface area contributed by atoms with Crippen molar-refractivity contribution in [2.45, 2.75) is 20.8 Å². The molecule has 0 fully saturated rings. The molecule has 0 radical (unpaired) electrons.